The highest BCUT2D eigenvalue weighted by Gasteiger charge is 2.26. The number of nitrogens with one attached hydrogen (secondary N) is 1. The van der Waals surface area contributed by atoms with Crippen molar-refractivity contribution in [3.05, 3.63) is 85.5 Å². The van der Waals surface area contributed by atoms with Gasteiger partial charge in [-0.25, -0.2) is 13.6 Å². The molecule has 5 rings (SSSR count). The number of halogens is 3. The molecule has 1 N–H and O–H groups in total. The SMILES string of the molecule is Cn1c(=O)c2c(nc(N3CCN(CC(=O)Nc4ccc(F)c(Cl)c4)CC3)n2Cc2ccc(F)cc2)n(C)c1=O. The Labute approximate surface area is 226 Å². The summed E-state index contributed by atoms with van der Waals surface area (Å²) in [5.74, 6) is -0.671. The van der Waals surface area contributed by atoms with Gasteiger partial charge >= 0.3 is 5.69 Å². The zero-order valence-electron chi connectivity index (χ0n) is 21.3. The van der Waals surface area contributed by atoms with Gasteiger partial charge in [0.15, 0.2) is 11.2 Å². The van der Waals surface area contributed by atoms with Crippen molar-refractivity contribution in [3.63, 3.8) is 0 Å². The fourth-order valence-corrected chi connectivity index (χ4v) is 4.86. The number of imidazole rings is 1. The van der Waals surface area contributed by atoms with Gasteiger partial charge in [0.1, 0.15) is 11.6 Å². The number of carbonyl (C=O) groups excluding carboxylic acids is 1. The topological polar surface area (TPSA) is 97.4 Å². The zero-order valence-corrected chi connectivity index (χ0v) is 22.1. The molecule has 4 aromatic rings. The van der Waals surface area contributed by atoms with E-state index in [0.717, 1.165) is 10.1 Å². The fourth-order valence-electron chi connectivity index (χ4n) is 4.68. The quantitative estimate of drug-likeness (QED) is 0.390. The molecule has 1 aliphatic rings. The molecule has 13 heteroatoms. The maximum absolute atomic E-state index is 13.5. The fraction of sp³-hybridized carbons (Fsp3) is 0.308. The lowest BCUT2D eigenvalue weighted by Gasteiger charge is -2.35. The van der Waals surface area contributed by atoms with Crippen LogP contribution in [-0.2, 0) is 25.4 Å². The summed E-state index contributed by atoms with van der Waals surface area (Å²) in [6.45, 7) is 2.47. The van der Waals surface area contributed by atoms with E-state index in [4.69, 9.17) is 16.6 Å². The van der Waals surface area contributed by atoms with Gasteiger partial charge in [-0.2, -0.15) is 4.98 Å². The van der Waals surface area contributed by atoms with Crippen molar-refractivity contribution in [2.75, 3.05) is 42.9 Å². The average molecular weight is 558 g/mol. The van der Waals surface area contributed by atoms with Crippen LogP contribution in [0.5, 0.6) is 0 Å². The molecule has 0 bridgehead atoms. The van der Waals surface area contributed by atoms with E-state index >= 15 is 0 Å². The van der Waals surface area contributed by atoms with E-state index < -0.39 is 17.1 Å². The Bertz CT molecular complexity index is 1670. The Hall–Kier alpha value is -4.03. The van der Waals surface area contributed by atoms with Gasteiger partial charge in [-0.3, -0.25) is 28.2 Å². The minimum atomic E-state index is -0.561. The monoisotopic (exact) mass is 557 g/mol. The van der Waals surface area contributed by atoms with Crippen LogP contribution in [0.4, 0.5) is 20.4 Å². The maximum atomic E-state index is 13.5. The van der Waals surface area contributed by atoms with Crippen LogP contribution < -0.4 is 21.5 Å². The van der Waals surface area contributed by atoms with Crippen molar-refractivity contribution >= 4 is 40.3 Å². The molecule has 1 saturated heterocycles. The molecule has 1 fully saturated rings. The van der Waals surface area contributed by atoms with Crippen LogP contribution in [0, 0.1) is 11.6 Å². The number of carbonyl (C=O) groups is 1. The van der Waals surface area contributed by atoms with E-state index in [1.807, 2.05) is 9.80 Å². The standard InChI is InChI=1S/C26H26ClF2N7O3/c1-32-23-22(24(38)33(2)26(32)39)36(14-16-3-5-17(28)6-4-16)25(31-23)35-11-9-34(10-12-35)15-21(37)30-18-7-8-20(29)19(27)13-18/h3-8,13H,9-12,14-15H2,1-2H3,(H,30,37). The number of fused-ring (bicyclic) bond motifs is 1. The Morgan fingerprint density at radius 1 is 1.00 bits per heavy atom. The molecule has 39 heavy (non-hydrogen) atoms. The first-order valence-electron chi connectivity index (χ1n) is 12.3. The number of nitrogens with zero attached hydrogens (tertiary/aromatic N) is 6. The summed E-state index contributed by atoms with van der Waals surface area (Å²) in [5.41, 5.74) is 0.767. The summed E-state index contributed by atoms with van der Waals surface area (Å²) in [6, 6.07) is 9.98. The Balaban J connectivity index is 1.37. The number of aryl methyl sites for hydroxylation is 1. The summed E-state index contributed by atoms with van der Waals surface area (Å²) < 4.78 is 31.0. The van der Waals surface area contributed by atoms with Crippen LogP contribution in [0.25, 0.3) is 11.2 Å². The van der Waals surface area contributed by atoms with E-state index in [1.165, 1.54) is 41.9 Å². The summed E-state index contributed by atoms with van der Waals surface area (Å²) in [4.78, 5) is 46.9. The number of piperazine rings is 1. The van der Waals surface area contributed by atoms with Gasteiger partial charge in [0.05, 0.1) is 18.1 Å². The average Bonchev–Trinajstić information content (AvgIpc) is 3.29. The van der Waals surface area contributed by atoms with Crippen molar-refractivity contribution in [1.29, 1.82) is 0 Å². The summed E-state index contributed by atoms with van der Waals surface area (Å²) in [6.07, 6.45) is 0. The maximum Gasteiger partial charge on any atom is 0.332 e. The van der Waals surface area contributed by atoms with E-state index in [2.05, 4.69) is 5.32 Å². The molecule has 0 saturated carbocycles. The second kappa shape index (κ2) is 10.6. The van der Waals surface area contributed by atoms with Gasteiger partial charge in [0, 0.05) is 46.0 Å². The van der Waals surface area contributed by atoms with Gasteiger partial charge in [-0.15, -0.1) is 0 Å². The summed E-state index contributed by atoms with van der Waals surface area (Å²) in [7, 11) is 2.98. The van der Waals surface area contributed by atoms with Gasteiger partial charge in [-0.1, -0.05) is 23.7 Å². The van der Waals surface area contributed by atoms with Crippen LogP contribution >= 0.6 is 11.6 Å². The molecule has 1 amide bonds. The number of hydrogen-bond acceptors (Lipinski definition) is 6. The Morgan fingerprint density at radius 3 is 2.36 bits per heavy atom. The second-order valence-corrected chi connectivity index (χ2v) is 9.85. The zero-order chi connectivity index (χ0) is 27.8. The molecule has 10 nitrogen and oxygen atoms in total. The van der Waals surface area contributed by atoms with Crippen LogP contribution in [0.15, 0.2) is 52.1 Å². The van der Waals surface area contributed by atoms with Crippen molar-refractivity contribution < 1.29 is 13.6 Å². The van der Waals surface area contributed by atoms with Gasteiger partial charge in [-0.05, 0) is 35.9 Å². The Kier molecular flexibility index (Phi) is 7.23. The molecular formula is C26H26ClF2N7O3. The van der Waals surface area contributed by atoms with Crippen LogP contribution in [0.2, 0.25) is 5.02 Å². The molecule has 0 atom stereocenters. The number of anilines is 2. The lowest BCUT2D eigenvalue weighted by molar-refractivity contribution is -0.117. The largest absolute Gasteiger partial charge is 0.340 e. The third-order valence-corrected chi connectivity index (χ3v) is 7.10. The number of benzene rings is 2. The van der Waals surface area contributed by atoms with E-state index in [1.54, 1.807) is 23.7 Å². The van der Waals surface area contributed by atoms with Crippen LogP contribution in [-0.4, -0.2) is 62.2 Å². The normalized spacial score (nSPS) is 14.2. The number of amides is 1. The van der Waals surface area contributed by atoms with Crippen molar-refractivity contribution in [2.45, 2.75) is 6.54 Å². The third kappa shape index (κ3) is 5.30. The molecule has 2 aromatic heterocycles. The summed E-state index contributed by atoms with van der Waals surface area (Å²) in [5, 5.41) is 2.65. The number of aromatic nitrogens is 4. The first kappa shape index (κ1) is 26.6. The molecule has 0 aliphatic carbocycles. The third-order valence-electron chi connectivity index (χ3n) is 6.81. The van der Waals surface area contributed by atoms with Crippen LogP contribution in [0.1, 0.15) is 5.56 Å². The smallest absolute Gasteiger partial charge is 0.332 e. The van der Waals surface area contributed by atoms with Crippen molar-refractivity contribution in [2.24, 2.45) is 14.1 Å². The lowest BCUT2D eigenvalue weighted by Crippen LogP contribution is -2.49. The van der Waals surface area contributed by atoms with E-state index in [-0.39, 0.29) is 41.0 Å². The van der Waals surface area contributed by atoms with Gasteiger partial charge < -0.3 is 10.2 Å². The Morgan fingerprint density at radius 2 is 1.69 bits per heavy atom. The molecular weight excluding hydrogens is 532 g/mol. The van der Waals surface area contributed by atoms with E-state index in [9.17, 15) is 23.2 Å². The molecule has 204 valence electrons. The minimum absolute atomic E-state index is 0.0720. The van der Waals surface area contributed by atoms with E-state index in [0.29, 0.717) is 37.8 Å². The van der Waals surface area contributed by atoms with Gasteiger partial charge in [0.2, 0.25) is 11.9 Å². The highest BCUT2D eigenvalue weighted by Crippen LogP contribution is 2.23. The lowest BCUT2D eigenvalue weighted by atomic mass is 10.2. The minimum Gasteiger partial charge on any atom is -0.340 e. The first-order valence-corrected chi connectivity index (χ1v) is 12.6. The molecule has 2 aromatic carbocycles. The summed E-state index contributed by atoms with van der Waals surface area (Å²) >= 11 is 5.79. The predicted molar refractivity (Wildman–Crippen MR) is 144 cm³/mol. The predicted octanol–water partition coefficient (Wildman–Crippen LogP) is 2.17. The molecule has 0 spiro atoms. The molecule has 0 unspecified atom stereocenters. The highest BCUT2D eigenvalue weighted by atomic mass is 35.5. The first-order chi connectivity index (χ1) is 18.6. The highest BCUT2D eigenvalue weighted by molar-refractivity contribution is 6.31. The second-order valence-electron chi connectivity index (χ2n) is 9.44. The van der Waals surface area contributed by atoms with Crippen LogP contribution in [0.3, 0.4) is 0 Å². The number of rotatable bonds is 6. The van der Waals surface area contributed by atoms with Gasteiger partial charge in [0.25, 0.3) is 5.56 Å². The molecule has 0 radical (unpaired) electrons. The molecule has 3 heterocycles. The molecule has 1 aliphatic heterocycles. The van der Waals surface area contributed by atoms with Crippen molar-refractivity contribution in [1.82, 2.24) is 23.6 Å². The number of hydrogen-bond donors (Lipinski definition) is 1. The van der Waals surface area contributed by atoms with Crippen molar-refractivity contribution in [3.8, 4) is 0 Å².